The predicted octanol–water partition coefficient (Wildman–Crippen LogP) is 2.10. The lowest BCUT2D eigenvalue weighted by atomic mass is 10.0. The Balaban J connectivity index is 2.42. The number of hydrogen-bond donors (Lipinski definition) is 2. The van der Waals surface area contributed by atoms with Crippen LogP contribution in [0.25, 0.3) is 6.08 Å². The number of carboxylic acid groups (broad SMARTS) is 1. The maximum atomic E-state index is 10.3. The van der Waals surface area contributed by atoms with E-state index in [4.69, 9.17) is 5.11 Å². The standard InChI is InChI=1S/C13H16O3/c1-2-10-3-5-11(6-4-10)7-8-12(14)9-13(15)16/h2-6,12,14H,1,7-9H2,(H,15,16)/t12-/m1/s1. The maximum Gasteiger partial charge on any atom is 0.305 e. The molecular weight excluding hydrogens is 204 g/mol. The monoisotopic (exact) mass is 220 g/mol. The summed E-state index contributed by atoms with van der Waals surface area (Å²) >= 11 is 0. The van der Waals surface area contributed by atoms with Gasteiger partial charge in [0.1, 0.15) is 0 Å². The minimum absolute atomic E-state index is 0.190. The molecule has 1 rings (SSSR count). The molecule has 0 aromatic heterocycles. The van der Waals surface area contributed by atoms with Gasteiger partial charge in [-0.3, -0.25) is 4.79 Å². The number of rotatable bonds is 6. The first-order chi connectivity index (χ1) is 7.61. The number of aliphatic hydroxyl groups is 1. The van der Waals surface area contributed by atoms with E-state index in [2.05, 4.69) is 6.58 Å². The van der Waals surface area contributed by atoms with Crippen molar-refractivity contribution in [3.05, 3.63) is 42.0 Å². The summed E-state index contributed by atoms with van der Waals surface area (Å²) in [5.74, 6) is -0.963. The molecule has 0 aliphatic heterocycles. The van der Waals surface area contributed by atoms with Gasteiger partial charge in [-0.1, -0.05) is 36.9 Å². The molecule has 0 amide bonds. The highest BCUT2D eigenvalue weighted by molar-refractivity contribution is 5.67. The van der Waals surface area contributed by atoms with Crippen LogP contribution in [-0.4, -0.2) is 22.3 Å². The van der Waals surface area contributed by atoms with Gasteiger partial charge in [-0.2, -0.15) is 0 Å². The number of aliphatic hydroxyl groups excluding tert-OH is 1. The molecule has 1 aromatic carbocycles. The fraction of sp³-hybridized carbons (Fsp3) is 0.308. The van der Waals surface area contributed by atoms with Crippen LogP contribution in [0.2, 0.25) is 0 Å². The van der Waals surface area contributed by atoms with Crippen molar-refractivity contribution in [2.75, 3.05) is 0 Å². The first kappa shape index (κ1) is 12.5. The normalized spacial score (nSPS) is 12.1. The van der Waals surface area contributed by atoms with Gasteiger partial charge < -0.3 is 10.2 Å². The highest BCUT2D eigenvalue weighted by Crippen LogP contribution is 2.10. The summed E-state index contributed by atoms with van der Waals surface area (Å²) in [5.41, 5.74) is 2.14. The molecule has 2 N–H and O–H groups in total. The van der Waals surface area contributed by atoms with E-state index in [0.717, 1.165) is 11.1 Å². The van der Waals surface area contributed by atoms with Gasteiger partial charge in [-0.25, -0.2) is 0 Å². The van der Waals surface area contributed by atoms with Crippen LogP contribution in [0.3, 0.4) is 0 Å². The highest BCUT2D eigenvalue weighted by Gasteiger charge is 2.09. The Labute approximate surface area is 95.0 Å². The van der Waals surface area contributed by atoms with Crippen LogP contribution in [0.4, 0.5) is 0 Å². The van der Waals surface area contributed by atoms with Gasteiger partial charge in [0.2, 0.25) is 0 Å². The first-order valence-corrected chi connectivity index (χ1v) is 5.23. The Hall–Kier alpha value is -1.61. The van der Waals surface area contributed by atoms with E-state index in [0.29, 0.717) is 12.8 Å². The van der Waals surface area contributed by atoms with E-state index in [1.54, 1.807) is 6.08 Å². The van der Waals surface area contributed by atoms with Crippen LogP contribution < -0.4 is 0 Å². The Morgan fingerprint density at radius 1 is 1.38 bits per heavy atom. The smallest absolute Gasteiger partial charge is 0.305 e. The predicted molar refractivity (Wildman–Crippen MR) is 63.1 cm³/mol. The molecule has 3 nitrogen and oxygen atoms in total. The summed E-state index contributed by atoms with van der Waals surface area (Å²) < 4.78 is 0. The first-order valence-electron chi connectivity index (χ1n) is 5.23. The van der Waals surface area contributed by atoms with E-state index < -0.39 is 12.1 Å². The number of carbonyl (C=O) groups is 1. The molecule has 0 bridgehead atoms. The third-order valence-corrected chi connectivity index (χ3v) is 2.39. The molecule has 0 aliphatic rings. The summed E-state index contributed by atoms with van der Waals surface area (Å²) in [6, 6.07) is 7.83. The van der Waals surface area contributed by atoms with Gasteiger partial charge in [-0.15, -0.1) is 0 Å². The van der Waals surface area contributed by atoms with Gasteiger partial charge in [0.15, 0.2) is 0 Å². The Morgan fingerprint density at radius 3 is 2.50 bits per heavy atom. The van der Waals surface area contributed by atoms with Gasteiger partial charge >= 0.3 is 5.97 Å². The third-order valence-electron chi connectivity index (χ3n) is 2.39. The molecule has 3 heteroatoms. The minimum Gasteiger partial charge on any atom is -0.481 e. The van der Waals surface area contributed by atoms with Crippen molar-refractivity contribution in [1.82, 2.24) is 0 Å². The Morgan fingerprint density at radius 2 is 2.00 bits per heavy atom. The van der Waals surface area contributed by atoms with E-state index in [1.165, 1.54) is 0 Å². The molecule has 0 spiro atoms. The zero-order chi connectivity index (χ0) is 12.0. The van der Waals surface area contributed by atoms with Crippen molar-refractivity contribution in [2.24, 2.45) is 0 Å². The van der Waals surface area contributed by atoms with Crippen LogP contribution in [0.1, 0.15) is 24.0 Å². The van der Waals surface area contributed by atoms with Gasteiger partial charge in [0.05, 0.1) is 12.5 Å². The summed E-state index contributed by atoms with van der Waals surface area (Å²) in [5, 5.41) is 17.9. The van der Waals surface area contributed by atoms with Gasteiger partial charge in [0, 0.05) is 0 Å². The minimum atomic E-state index is -0.963. The molecule has 0 aliphatic carbocycles. The lowest BCUT2D eigenvalue weighted by Gasteiger charge is -2.07. The molecule has 0 radical (unpaired) electrons. The van der Waals surface area contributed by atoms with E-state index >= 15 is 0 Å². The van der Waals surface area contributed by atoms with Gasteiger partial charge in [0.25, 0.3) is 0 Å². The van der Waals surface area contributed by atoms with E-state index in [9.17, 15) is 9.90 Å². The van der Waals surface area contributed by atoms with Crippen molar-refractivity contribution in [3.63, 3.8) is 0 Å². The average Bonchev–Trinajstić information content (AvgIpc) is 2.26. The summed E-state index contributed by atoms with van der Waals surface area (Å²) in [6.07, 6.45) is 1.97. The van der Waals surface area contributed by atoms with Crippen molar-refractivity contribution < 1.29 is 15.0 Å². The van der Waals surface area contributed by atoms with Crippen molar-refractivity contribution >= 4 is 12.0 Å². The van der Waals surface area contributed by atoms with E-state index in [-0.39, 0.29) is 6.42 Å². The molecule has 0 saturated heterocycles. The third kappa shape index (κ3) is 4.28. The number of aliphatic carboxylic acids is 1. The molecular formula is C13H16O3. The maximum absolute atomic E-state index is 10.3. The second-order valence-corrected chi connectivity index (χ2v) is 3.74. The number of carboxylic acids is 1. The molecule has 0 saturated carbocycles. The van der Waals surface area contributed by atoms with Crippen molar-refractivity contribution in [1.29, 1.82) is 0 Å². The zero-order valence-corrected chi connectivity index (χ0v) is 9.10. The van der Waals surface area contributed by atoms with Crippen LogP contribution in [0.5, 0.6) is 0 Å². The molecule has 86 valence electrons. The summed E-state index contributed by atoms with van der Waals surface area (Å²) in [6.45, 7) is 3.66. The van der Waals surface area contributed by atoms with Crippen LogP contribution in [-0.2, 0) is 11.2 Å². The fourth-order valence-corrected chi connectivity index (χ4v) is 1.46. The lowest BCUT2D eigenvalue weighted by Crippen LogP contribution is -2.13. The molecule has 0 unspecified atom stereocenters. The molecule has 1 atom stereocenters. The molecule has 1 aromatic rings. The average molecular weight is 220 g/mol. The summed E-state index contributed by atoms with van der Waals surface area (Å²) in [4.78, 5) is 10.3. The van der Waals surface area contributed by atoms with Crippen molar-refractivity contribution in [2.45, 2.75) is 25.4 Å². The fourth-order valence-electron chi connectivity index (χ4n) is 1.46. The number of hydrogen-bond acceptors (Lipinski definition) is 2. The SMILES string of the molecule is C=Cc1ccc(CC[C@@H](O)CC(=O)O)cc1. The summed E-state index contributed by atoms with van der Waals surface area (Å²) in [7, 11) is 0. The Kier molecular flexibility index (Phi) is 4.73. The second kappa shape index (κ2) is 6.08. The molecule has 0 heterocycles. The van der Waals surface area contributed by atoms with E-state index in [1.807, 2.05) is 24.3 Å². The van der Waals surface area contributed by atoms with Crippen LogP contribution >= 0.6 is 0 Å². The quantitative estimate of drug-likeness (QED) is 0.771. The highest BCUT2D eigenvalue weighted by atomic mass is 16.4. The van der Waals surface area contributed by atoms with Crippen LogP contribution in [0, 0.1) is 0 Å². The molecule has 16 heavy (non-hydrogen) atoms. The topological polar surface area (TPSA) is 57.5 Å². The lowest BCUT2D eigenvalue weighted by molar-refractivity contribution is -0.139. The molecule has 0 fully saturated rings. The zero-order valence-electron chi connectivity index (χ0n) is 9.10. The number of aryl methyl sites for hydroxylation is 1. The second-order valence-electron chi connectivity index (χ2n) is 3.74. The van der Waals surface area contributed by atoms with Gasteiger partial charge in [-0.05, 0) is 24.0 Å². The van der Waals surface area contributed by atoms with Crippen LogP contribution in [0.15, 0.2) is 30.8 Å². The largest absolute Gasteiger partial charge is 0.481 e. The van der Waals surface area contributed by atoms with Crippen molar-refractivity contribution in [3.8, 4) is 0 Å². The number of benzene rings is 1. The Bertz CT molecular complexity index is 354.